The highest BCUT2D eigenvalue weighted by atomic mass is 32.3. The molecule has 3 heterocycles. The smallest absolute Gasteiger partial charge is 0.337 e. The van der Waals surface area contributed by atoms with Crippen molar-refractivity contribution in [1.82, 2.24) is 26.1 Å². The molecule has 13 nitrogen and oxygen atoms in total. The van der Waals surface area contributed by atoms with Crippen molar-refractivity contribution in [1.29, 1.82) is 0 Å². The van der Waals surface area contributed by atoms with Gasteiger partial charge in [-0.25, -0.2) is 19.6 Å². The number of hydrogen-bond donors (Lipinski definition) is 4. The van der Waals surface area contributed by atoms with Crippen LogP contribution < -0.4 is 20.7 Å². The van der Waals surface area contributed by atoms with Crippen LogP contribution in [0.1, 0.15) is 26.7 Å². The van der Waals surface area contributed by atoms with Crippen LogP contribution in [-0.4, -0.2) is 66.1 Å². The Morgan fingerprint density at radius 3 is 2.42 bits per heavy atom. The summed E-state index contributed by atoms with van der Waals surface area (Å²) in [6, 6.07) is 3.18. The van der Waals surface area contributed by atoms with Crippen molar-refractivity contribution in [2.75, 3.05) is 13.1 Å². The molecule has 31 heavy (non-hydrogen) atoms. The largest absolute Gasteiger partial charge is 0.418 e. The lowest BCUT2D eigenvalue weighted by Gasteiger charge is -2.29. The topological polar surface area (TPSA) is 161 Å². The van der Waals surface area contributed by atoms with Crippen LogP contribution in [0.4, 0.5) is 9.59 Å². The van der Waals surface area contributed by atoms with Crippen LogP contribution in [0.5, 0.6) is 0 Å². The van der Waals surface area contributed by atoms with Crippen LogP contribution >= 0.6 is 0 Å². The second-order valence-electron chi connectivity index (χ2n) is 6.69. The molecule has 0 saturated carbocycles. The van der Waals surface area contributed by atoms with E-state index in [-0.39, 0.29) is 13.0 Å². The van der Waals surface area contributed by atoms with E-state index in [2.05, 4.69) is 44.3 Å². The summed E-state index contributed by atoms with van der Waals surface area (Å²) in [6.07, 6.45) is 4.67. The highest BCUT2D eigenvalue weighted by molar-refractivity contribution is 7.80. The summed E-state index contributed by atoms with van der Waals surface area (Å²) in [4.78, 5) is 36.5. The number of nitrogens with one attached hydrogen (secondary N) is 3. The molecule has 172 valence electrons. The molecule has 2 fully saturated rings. The van der Waals surface area contributed by atoms with Gasteiger partial charge in [-0.05, 0) is 26.7 Å². The molecule has 0 aromatic carbocycles. The first-order valence-electron chi connectivity index (χ1n) is 9.70. The molecule has 2 bridgehead atoms. The van der Waals surface area contributed by atoms with E-state index in [1.54, 1.807) is 6.92 Å². The molecule has 0 aliphatic carbocycles. The standard InChI is InChI=1S/C10H17N5O7S.C7H10N/c1-2-11-9(17)13-12-8(16)7-4-3-6-5-14(7)10(18)15(6)22-23(19,20)21;1-2-8-6-4-3-5-7-8/h6-7H,2-5H2,1H3,(H,12,16)(H2,11,13,17)(H,19,20,21);3-7H,2H2,1H3/q;+1/t6-,7+;/m1./s1. The molecular formula is C17H27N6O7S+. The summed E-state index contributed by atoms with van der Waals surface area (Å²) in [5, 5.41) is 2.95. The normalized spacial score (nSPS) is 19.9. The van der Waals surface area contributed by atoms with Crippen LogP contribution in [0.3, 0.4) is 0 Å². The minimum Gasteiger partial charge on any atom is -0.337 e. The number of aryl methyl sites for hydroxylation is 1. The van der Waals surface area contributed by atoms with E-state index >= 15 is 0 Å². The van der Waals surface area contributed by atoms with E-state index in [9.17, 15) is 22.8 Å². The van der Waals surface area contributed by atoms with Crippen LogP contribution in [0, 0.1) is 0 Å². The molecule has 0 radical (unpaired) electrons. The molecule has 4 N–H and O–H groups in total. The number of hydrogen-bond acceptors (Lipinski definition) is 6. The molecule has 3 rings (SSSR count). The van der Waals surface area contributed by atoms with E-state index in [0.717, 1.165) is 11.4 Å². The number of pyridine rings is 1. The van der Waals surface area contributed by atoms with Crippen molar-refractivity contribution >= 4 is 28.4 Å². The van der Waals surface area contributed by atoms with E-state index in [0.29, 0.717) is 18.0 Å². The van der Waals surface area contributed by atoms with Crippen LogP contribution in [-0.2, 0) is 26.0 Å². The number of nitrogens with zero attached hydrogens (tertiary/aromatic N) is 3. The van der Waals surface area contributed by atoms with Gasteiger partial charge in [0.05, 0.1) is 6.04 Å². The van der Waals surface area contributed by atoms with Crippen molar-refractivity contribution in [3.63, 3.8) is 0 Å². The van der Waals surface area contributed by atoms with Gasteiger partial charge in [-0.15, -0.1) is 4.28 Å². The second-order valence-corrected chi connectivity index (χ2v) is 7.69. The SMILES string of the molecule is CCNC(=O)NNC(=O)[C@@H]1CC[C@@H]2CN1C(=O)N2OS(=O)(=O)O.CC[n+]1ccccc1. The molecule has 14 heteroatoms. The summed E-state index contributed by atoms with van der Waals surface area (Å²) in [5.41, 5.74) is 4.32. The van der Waals surface area contributed by atoms with Gasteiger partial charge >= 0.3 is 22.5 Å². The third-order valence-electron chi connectivity index (χ3n) is 4.58. The molecule has 0 spiro atoms. The number of hydrazine groups is 1. The monoisotopic (exact) mass is 459 g/mol. The van der Waals surface area contributed by atoms with Gasteiger partial charge in [0.15, 0.2) is 12.4 Å². The fraction of sp³-hybridized carbons (Fsp3) is 0.529. The molecule has 1 aromatic rings. The quantitative estimate of drug-likeness (QED) is 0.258. The van der Waals surface area contributed by atoms with Gasteiger partial charge in [0.25, 0.3) is 5.91 Å². The van der Waals surface area contributed by atoms with Crippen molar-refractivity contribution in [2.45, 2.75) is 45.3 Å². The van der Waals surface area contributed by atoms with Crippen LogP contribution in [0.2, 0.25) is 0 Å². The Labute approximate surface area is 180 Å². The van der Waals surface area contributed by atoms with Gasteiger partial charge in [0.2, 0.25) is 0 Å². The van der Waals surface area contributed by atoms with Gasteiger partial charge in [0, 0.05) is 25.2 Å². The summed E-state index contributed by atoms with van der Waals surface area (Å²) in [5.74, 6) is -0.614. The maximum Gasteiger partial charge on any atom is 0.418 e. The van der Waals surface area contributed by atoms with Crippen LogP contribution in [0.25, 0.3) is 0 Å². The summed E-state index contributed by atoms with van der Waals surface area (Å²) in [7, 11) is -4.83. The Kier molecular flexibility index (Phi) is 8.53. The fourth-order valence-electron chi connectivity index (χ4n) is 3.16. The third-order valence-corrected chi connectivity index (χ3v) is 4.93. The number of rotatable bonds is 5. The summed E-state index contributed by atoms with van der Waals surface area (Å²) >= 11 is 0. The van der Waals surface area contributed by atoms with Crippen molar-refractivity contribution in [2.24, 2.45) is 0 Å². The lowest BCUT2D eigenvalue weighted by molar-refractivity contribution is -0.693. The highest BCUT2D eigenvalue weighted by Gasteiger charge is 2.49. The minimum absolute atomic E-state index is 0.0770. The maximum absolute atomic E-state index is 12.1. The predicted octanol–water partition coefficient (Wildman–Crippen LogP) is -0.666. The summed E-state index contributed by atoms with van der Waals surface area (Å²) < 4.78 is 36.6. The zero-order valence-corrected chi connectivity index (χ0v) is 18.0. The van der Waals surface area contributed by atoms with E-state index < -0.39 is 40.5 Å². The first-order valence-corrected chi connectivity index (χ1v) is 11.1. The van der Waals surface area contributed by atoms with Crippen molar-refractivity contribution in [3.8, 4) is 0 Å². The molecule has 2 atom stereocenters. The molecule has 2 saturated heterocycles. The number of carbonyl (C=O) groups excluding carboxylic acids is 3. The lowest BCUT2D eigenvalue weighted by atomic mass is 10.0. The zero-order valence-electron chi connectivity index (χ0n) is 17.2. The number of aromatic nitrogens is 1. The highest BCUT2D eigenvalue weighted by Crippen LogP contribution is 2.30. The Hall–Kier alpha value is -2.97. The number of carbonyl (C=O) groups is 3. The Morgan fingerprint density at radius 1 is 1.19 bits per heavy atom. The van der Waals surface area contributed by atoms with Crippen LogP contribution in [0.15, 0.2) is 30.6 Å². The average Bonchev–Trinajstić information content (AvgIpc) is 2.97. The van der Waals surface area contributed by atoms with Crippen molar-refractivity contribution in [3.05, 3.63) is 30.6 Å². The molecule has 5 amide bonds. The zero-order chi connectivity index (χ0) is 23.0. The first kappa shape index (κ1) is 24.3. The van der Waals surface area contributed by atoms with Gasteiger partial charge in [-0.3, -0.25) is 14.8 Å². The Morgan fingerprint density at radius 2 is 1.87 bits per heavy atom. The number of fused-ring (bicyclic) bond motifs is 2. The van der Waals surface area contributed by atoms with E-state index in [4.69, 9.17) is 4.55 Å². The minimum atomic E-state index is -4.83. The third kappa shape index (κ3) is 7.04. The second kappa shape index (κ2) is 10.9. The summed E-state index contributed by atoms with van der Waals surface area (Å²) in [6.45, 7) is 5.34. The first-order chi connectivity index (χ1) is 14.7. The molecule has 2 aliphatic rings. The molecule has 1 aromatic heterocycles. The van der Waals surface area contributed by atoms with Gasteiger partial charge in [-0.2, -0.15) is 13.5 Å². The molecular weight excluding hydrogens is 432 g/mol. The number of piperidine rings is 1. The number of urea groups is 2. The fourth-order valence-corrected chi connectivity index (χ4v) is 3.54. The van der Waals surface area contributed by atoms with Gasteiger partial charge in [0.1, 0.15) is 12.6 Å². The number of amides is 5. The lowest BCUT2D eigenvalue weighted by Crippen LogP contribution is -2.55. The Bertz CT molecular complexity index is 882. The number of hydroxylamine groups is 2. The molecule has 2 aliphatic heterocycles. The molecule has 0 unspecified atom stereocenters. The predicted molar refractivity (Wildman–Crippen MR) is 106 cm³/mol. The van der Waals surface area contributed by atoms with Gasteiger partial charge < -0.3 is 10.2 Å². The maximum atomic E-state index is 12.1. The van der Waals surface area contributed by atoms with E-state index in [1.165, 1.54) is 0 Å². The van der Waals surface area contributed by atoms with E-state index in [1.807, 2.05) is 18.2 Å². The van der Waals surface area contributed by atoms with Gasteiger partial charge in [-0.1, -0.05) is 6.07 Å². The average molecular weight is 460 g/mol. The Balaban J connectivity index is 0.000000357. The van der Waals surface area contributed by atoms with Crippen molar-refractivity contribution < 1.29 is 36.2 Å².